The number of rotatable bonds is 7. The molecule has 1 aliphatic heterocycles. The molecule has 0 saturated carbocycles. The Morgan fingerprint density at radius 2 is 1.62 bits per heavy atom. The van der Waals surface area contributed by atoms with Crippen molar-refractivity contribution >= 4 is 27.3 Å². The van der Waals surface area contributed by atoms with Crippen LogP contribution < -0.4 is 10.2 Å². The predicted molar refractivity (Wildman–Crippen MR) is 117 cm³/mol. The number of alkyl halides is 3. The molecular formula is C22H26F3N3O3S. The van der Waals surface area contributed by atoms with Gasteiger partial charge in [-0.25, -0.2) is 8.42 Å². The Morgan fingerprint density at radius 3 is 2.16 bits per heavy atom. The fourth-order valence-corrected chi connectivity index (χ4v) is 5.21. The number of sulfonamides is 1. The molecule has 0 bridgehead atoms. The summed E-state index contributed by atoms with van der Waals surface area (Å²) in [4.78, 5) is 14.9. The second kappa shape index (κ2) is 9.50. The summed E-state index contributed by atoms with van der Waals surface area (Å²) in [7, 11) is -3.75. The number of carbonyl (C=O) groups is 1. The lowest BCUT2D eigenvalue weighted by Crippen LogP contribution is -2.31. The van der Waals surface area contributed by atoms with Crippen LogP contribution >= 0.6 is 0 Å². The lowest BCUT2D eigenvalue weighted by Gasteiger charge is -2.24. The smallest absolute Gasteiger partial charge is 0.370 e. The van der Waals surface area contributed by atoms with E-state index in [0.29, 0.717) is 24.5 Å². The van der Waals surface area contributed by atoms with Crippen molar-refractivity contribution in [3.05, 3.63) is 53.6 Å². The van der Waals surface area contributed by atoms with E-state index >= 15 is 0 Å². The van der Waals surface area contributed by atoms with E-state index < -0.39 is 27.7 Å². The van der Waals surface area contributed by atoms with E-state index in [4.69, 9.17) is 0 Å². The topological polar surface area (TPSA) is 69.7 Å². The maximum absolute atomic E-state index is 13.0. The van der Waals surface area contributed by atoms with Gasteiger partial charge in [0.15, 0.2) is 0 Å². The van der Waals surface area contributed by atoms with Crippen molar-refractivity contribution < 1.29 is 26.4 Å². The zero-order chi connectivity index (χ0) is 23.5. The molecule has 1 heterocycles. The number of anilines is 2. The Hall–Kier alpha value is -2.59. The highest BCUT2D eigenvalue weighted by atomic mass is 32.2. The van der Waals surface area contributed by atoms with E-state index in [-0.39, 0.29) is 10.5 Å². The third kappa shape index (κ3) is 5.07. The van der Waals surface area contributed by atoms with E-state index in [9.17, 15) is 26.4 Å². The van der Waals surface area contributed by atoms with Gasteiger partial charge in [0, 0.05) is 31.7 Å². The summed E-state index contributed by atoms with van der Waals surface area (Å²) in [6.45, 7) is 5.64. The van der Waals surface area contributed by atoms with Gasteiger partial charge in [-0.05, 0) is 55.3 Å². The second-order valence-corrected chi connectivity index (χ2v) is 9.43. The van der Waals surface area contributed by atoms with Gasteiger partial charge in [0.05, 0.1) is 21.8 Å². The first-order valence-corrected chi connectivity index (χ1v) is 11.9. The van der Waals surface area contributed by atoms with Crippen LogP contribution in [0.1, 0.15) is 42.6 Å². The molecule has 1 saturated heterocycles. The van der Waals surface area contributed by atoms with Gasteiger partial charge in [0.2, 0.25) is 10.0 Å². The van der Waals surface area contributed by atoms with Crippen molar-refractivity contribution in [1.82, 2.24) is 4.31 Å². The van der Waals surface area contributed by atoms with Gasteiger partial charge in [0.1, 0.15) is 0 Å². The Morgan fingerprint density at radius 1 is 1.03 bits per heavy atom. The zero-order valence-electron chi connectivity index (χ0n) is 17.9. The van der Waals surface area contributed by atoms with E-state index in [1.807, 2.05) is 0 Å². The number of hydrogen-bond acceptors (Lipinski definition) is 4. The quantitative estimate of drug-likeness (QED) is 0.644. The standard InChI is InChI=1S/C22H26F3N3O3S/c1-3-28(4-2)32(30,31)18-11-12-20(27-13-5-6-14-27)19(15-18)26-21(29)16-7-9-17(10-8-16)22(23,24)25/h7-12,15H,3-6,13-14H2,1-2H3,(H,26,29). The Kier molecular flexibility index (Phi) is 7.14. The Labute approximate surface area is 186 Å². The van der Waals surface area contributed by atoms with E-state index in [1.54, 1.807) is 19.9 Å². The van der Waals surface area contributed by atoms with Gasteiger partial charge in [-0.3, -0.25) is 4.79 Å². The molecule has 1 aliphatic rings. The molecule has 2 aromatic rings. The third-order valence-corrected chi connectivity index (χ3v) is 7.53. The van der Waals surface area contributed by atoms with Crippen LogP contribution in [-0.2, 0) is 16.2 Å². The van der Waals surface area contributed by atoms with Crippen molar-refractivity contribution in [2.75, 3.05) is 36.4 Å². The molecule has 1 amide bonds. The highest BCUT2D eigenvalue weighted by Gasteiger charge is 2.30. The van der Waals surface area contributed by atoms with Crippen molar-refractivity contribution in [2.45, 2.75) is 37.8 Å². The highest BCUT2D eigenvalue weighted by molar-refractivity contribution is 7.89. The molecule has 174 valence electrons. The number of carbonyl (C=O) groups excluding carboxylic acids is 1. The molecule has 1 fully saturated rings. The fraction of sp³-hybridized carbons (Fsp3) is 0.409. The van der Waals surface area contributed by atoms with Gasteiger partial charge in [-0.15, -0.1) is 0 Å². The number of nitrogens with zero attached hydrogens (tertiary/aromatic N) is 2. The van der Waals surface area contributed by atoms with Gasteiger partial charge in [-0.2, -0.15) is 17.5 Å². The zero-order valence-corrected chi connectivity index (χ0v) is 18.8. The van der Waals surface area contributed by atoms with Crippen LogP contribution in [0.25, 0.3) is 0 Å². The SMILES string of the molecule is CCN(CC)S(=O)(=O)c1ccc(N2CCCC2)c(NC(=O)c2ccc(C(F)(F)F)cc2)c1. The molecule has 2 aromatic carbocycles. The Balaban J connectivity index is 1.96. The second-order valence-electron chi connectivity index (χ2n) is 7.49. The summed E-state index contributed by atoms with van der Waals surface area (Å²) in [6.07, 6.45) is -2.54. The fourth-order valence-electron chi connectivity index (χ4n) is 3.73. The first kappa shape index (κ1) is 24.1. The summed E-state index contributed by atoms with van der Waals surface area (Å²) in [5.74, 6) is -0.614. The Bertz CT molecular complexity index is 1060. The van der Waals surface area contributed by atoms with E-state index in [0.717, 1.165) is 50.2 Å². The van der Waals surface area contributed by atoms with Crippen LogP contribution in [0.4, 0.5) is 24.5 Å². The molecule has 0 radical (unpaired) electrons. The minimum atomic E-state index is -4.49. The third-order valence-electron chi connectivity index (χ3n) is 5.48. The summed E-state index contributed by atoms with van der Waals surface area (Å²) in [5.41, 5.74) is 0.188. The molecule has 0 aromatic heterocycles. The molecule has 0 unspecified atom stereocenters. The molecule has 0 atom stereocenters. The number of halogens is 3. The monoisotopic (exact) mass is 469 g/mol. The average molecular weight is 470 g/mol. The van der Waals surface area contributed by atoms with Gasteiger partial charge in [0.25, 0.3) is 5.91 Å². The minimum Gasteiger partial charge on any atom is -0.370 e. The van der Waals surface area contributed by atoms with Gasteiger partial charge >= 0.3 is 6.18 Å². The largest absolute Gasteiger partial charge is 0.416 e. The van der Waals surface area contributed by atoms with Crippen LogP contribution in [0.15, 0.2) is 47.4 Å². The molecule has 10 heteroatoms. The average Bonchev–Trinajstić information content (AvgIpc) is 3.28. The van der Waals surface area contributed by atoms with Crippen LogP contribution in [0.2, 0.25) is 0 Å². The summed E-state index contributed by atoms with van der Waals surface area (Å²) in [5, 5.41) is 2.70. The van der Waals surface area contributed by atoms with Crippen LogP contribution in [0, 0.1) is 0 Å². The molecule has 0 spiro atoms. The predicted octanol–water partition coefficient (Wildman–Crippen LogP) is 4.59. The molecule has 6 nitrogen and oxygen atoms in total. The first-order chi connectivity index (χ1) is 15.1. The summed E-state index contributed by atoms with van der Waals surface area (Å²) < 4.78 is 65.7. The summed E-state index contributed by atoms with van der Waals surface area (Å²) in [6, 6.07) is 8.51. The van der Waals surface area contributed by atoms with Crippen molar-refractivity contribution in [2.24, 2.45) is 0 Å². The van der Waals surface area contributed by atoms with Gasteiger partial charge in [-0.1, -0.05) is 13.8 Å². The number of benzene rings is 2. The molecule has 3 rings (SSSR count). The molecular weight excluding hydrogens is 443 g/mol. The highest BCUT2D eigenvalue weighted by Crippen LogP contribution is 2.33. The molecule has 1 N–H and O–H groups in total. The van der Waals surface area contributed by atoms with Crippen molar-refractivity contribution in [3.63, 3.8) is 0 Å². The molecule has 32 heavy (non-hydrogen) atoms. The lowest BCUT2D eigenvalue weighted by molar-refractivity contribution is -0.137. The maximum atomic E-state index is 13.0. The lowest BCUT2D eigenvalue weighted by atomic mass is 10.1. The van der Waals surface area contributed by atoms with Crippen LogP contribution in [0.5, 0.6) is 0 Å². The maximum Gasteiger partial charge on any atom is 0.416 e. The number of hydrogen-bond donors (Lipinski definition) is 1. The van der Waals surface area contributed by atoms with Crippen molar-refractivity contribution in [3.8, 4) is 0 Å². The van der Waals surface area contributed by atoms with E-state index in [1.165, 1.54) is 16.4 Å². The molecule has 0 aliphatic carbocycles. The van der Waals surface area contributed by atoms with Crippen LogP contribution in [-0.4, -0.2) is 44.8 Å². The van der Waals surface area contributed by atoms with E-state index in [2.05, 4.69) is 10.2 Å². The van der Waals surface area contributed by atoms with Crippen molar-refractivity contribution in [1.29, 1.82) is 0 Å². The summed E-state index contributed by atoms with van der Waals surface area (Å²) >= 11 is 0. The number of amides is 1. The first-order valence-electron chi connectivity index (χ1n) is 10.5. The van der Waals surface area contributed by atoms with Crippen LogP contribution in [0.3, 0.4) is 0 Å². The number of nitrogens with one attached hydrogen (secondary N) is 1. The normalized spacial score (nSPS) is 14.8. The van der Waals surface area contributed by atoms with Gasteiger partial charge < -0.3 is 10.2 Å². The minimum absolute atomic E-state index is 0.0439.